The van der Waals surface area contributed by atoms with E-state index in [1.54, 1.807) is 4.90 Å². The first-order chi connectivity index (χ1) is 19.9. The minimum absolute atomic E-state index is 0.00801. The van der Waals surface area contributed by atoms with Gasteiger partial charge in [0.15, 0.2) is 0 Å². The van der Waals surface area contributed by atoms with E-state index in [2.05, 4.69) is 55.7 Å². The molecule has 2 N–H and O–H groups in total. The maximum atomic E-state index is 13.6. The molecule has 0 bridgehead atoms. The van der Waals surface area contributed by atoms with Crippen molar-refractivity contribution in [3.05, 3.63) is 106 Å². The van der Waals surface area contributed by atoms with Crippen molar-refractivity contribution < 1.29 is 14.4 Å². The van der Waals surface area contributed by atoms with Gasteiger partial charge in [0.1, 0.15) is 6.54 Å². The molecule has 2 atom stereocenters. The standard InChI is InChI=1S/C33H37BrN4O3/c34-28-13-11-26(12-14-28)30-19-27(20-31(39)35-21-24-7-3-1-4-8-24)33(41)38(30)23-32(40)36-29-15-17-37(18-16-29)22-25-9-5-2-6-10-25/h1-14,27,29-30H,15-23H2,(H,35,39)(H,36,40)/t27-,30-/m1/s1. The summed E-state index contributed by atoms with van der Waals surface area (Å²) in [6.45, 7) is 3.17. The molecule has 0 spiro atoms. The lowest BCUT2D eigenvalue weighted by Crippen LogP contribution is -2.48. The van der Waals surface area contributed by atoms with Crippen LogP contribution in [0, 0.1) is 5.92 Å². The Kier molecular flexibility index (Phi) is 9.85. The first kappa shape index (κ1) is 29.0. The molecule has 8 heteroatoms. The molecule has 2 aliphatic heterocycles. The van der Waals surface area contributed by atoms with Gasteiger partial charge in [-0.1, -0.05) is 88.7 Å². The summed E-state index contributed by atoms with van der Waals surface area (Å²) in [5.41, 5.74) is 3.27. The SMILES string of the molecule is O=C(C[C@H]1C[C@H](c2ccc(Br)cc2)N(CC(=O)NC2CCN(Cc3ccccc3)CC2)C1=O)NCc1ccccc1. The lowest BCUT2D eigenvalue weighted by molar-refractivity contribution is -0.138. The highest BCUT2D eigenvalue weighted by Crippen LogP contribution is 2.38. The van der Waals surface area contributed by atoms with Crippen molar-refractivity contribution in [1.29, 1.82) is 0 Å². The molecule has 2 aliphatic rings. The molecule has 0 aliphatic carbocycles. The Labute approximate surface area is 250 Å². The third-order valence-electron chi connectivity index (χ3n) is 8.05. The van der Waals surface area contributed by atoms with E-state index in [1.807, 2.05) is 60.7 Å². The summed E-state index contributed by atoms with van der Waals surface area (Å²) in [7, 11) is 0. The average molecular weight is 618 g/mol. The number of benzene rings is 3. The Morgan fingerprint density at radius 2 is 1.46 bits per heavy atom. The van der Waals surface area contributed by atoms with Crippen LogP contribution in [0.1, 0.15) is 48.4 Å². The summed E-state index contributed by atoms with van der Waals surface area (Å²) in [5, 5.41) is 6.12. The van der Waals surface area contributed by atoms with Crippen molar-refractivity contribution in [3.8, 4) is 0 Å². The quantitative estimate of drug-likeness (QED) is 0.342. The van der Waals surface area contributed by atoms with Crippen molar-refractivity contribution in [2.24, 2.45) is 5.92 Å². The van der Waals surface area contributed by atoms with Crippen molar-refractivity contribution >= 4 is 33.7 Å². The van der Waals surface area contributed by atoms with Gasteiger partial charge in [-0.2, -0.15) is 0 Å². The average Bonchev–Trinajstić information content (AvgIpc) is 3.28. The second-order valence-electron chi connectivity index (χ2n) is 11.0. The summed E-state index contributed by atoms with van der Waals surface area (Å²) in [6.07, 6.45) is 2.38. The summed E-state index contributed by atoms with van der Waals surface area (Å²) in [5.74, 6) is -0.902. The van der Waals surface area contributed by atoms with E-state index in [1.165, 1.54) is 5.56 Å². The zero-order valence-electron chi connectivity index (χ0n) is 23.2. The van der Waals surface area contributed by atoms with Gasteiger partial charge in [-0.25, -0.2) is 0 Å². The highest BCUT2D eigenvalue weighted by atomic mass is 79.9. The fourth-order valence-electron chi connectivity index (χ4n) is 5.84. The summed E-state index contributed by atoms with van der Waals surface area (Å²) in [4.78, 5) is 43.6. The largest absolute Gasteiger partial charge is 0.352 e. The van der Waals surface area contributed by atoms with E-state index in [-0.39, 0.29) is 42.8 Å². The lowest BCUT2D eigenvalue weighted by Gasteiger charge is -2.33. The molecular weight excluding hydrogens is 580 g/mol. The van der Waals surface area contributed by atoms with Gasteiger partial charge in [0, 0.05) is 49.0 Å². The van der Waals surface area contributed by atoms with Crippen LogP contribution in [0.3, 0.4) is 0 Å². The smallest absolute Gasteiger partial charge is 0.239 e. The molecule has 0 aromatic heterocycles. The van der Waals surface area contributed by atoms with Crippen molar-refractivity contribution in [1.82, 2.24) is 20.4 Å². The van der Waals surface area contributed by atoms with Crippen LogP contribution in [-0.2, 0) is 27.5 Å². The lowest BCUT2D eigenvalue weighted by atomic mass is 9.97. The van der Waals surface area contributed by atoms with Crippen LogP contribution in [0.2, 0.25) is 0 Å². The third-order valence-corrected chi connectivity index (χ3v) is 8.58. The maximum absolute atomic E-state index is 13.6. The summed E-state index contributed by atoms with van der Waals surface area (Å²) >= 11 is 3.48. The molecule has 41 heavy (non-hydrogen) atoms. The Morgan fingerprint density at radius 1 is 0.829 bits per heavy atom. The predicted molar refractivity (Wildman–Crippen MR) is 162 cm³/mol. The first-order valence-electron chi connectivity index (χ1n) is 14.4. The van der Waals surface area contributed by atoms with Gasteiger partial charge in [-0.05, 0) is 48.1 Å². The molecule has 2 heterocycles. The monoisotopic (exact) mass is 616 g/mol. The number of amides is 3. The van der Waals surface area contributed by atoms with Gasteiger partial charge < -0.3 is 15.5 Å². The molecule has 0 unspecified atom stereocenters. The minimum Gasteiger partial charge on any atom is -0.352 e. The molecule has 3 aromatic rings. The van der Waals surface area contributed by atoms with E-state index in [4.69, 9.17) is 0 Å². The van der Waals surface area contributed by atoms with Gasteiger partial charge in [0.25, 0.3) is 0 Å². The van der Waals surface area contributed by atoms with Gasteiger partial charge in [0.2, 0.25) is 17.7 Å². The molecule has 2 saturated heterocycles. The molecule has 214 valence electrons. The number of nitrogens with zero attached hydrogens (tertiary/aromatic N) is 2. The number of likely N-dealkylation sites (tertiary alicyclic amines) is 2. The molecule has 3 amide bonds. The predicted octanol–water partition coefficient (Wildman–Crippen LogP) is 4.83. The van der Waals surface area contributed by atoms with Gasteiger partial charge in [-0.3, -0.25) is 19.3 Å². The van der Waals surface area contributed by atoms with Crippen LogP contribution in [-0.4, -0.2) is 53.2 Å². The van der Waals surface area contributed by atoms with Crippen LogP contribution in [0.15, 0.2) is 89.4 Å². The third kappa shape index (κ3) is 8.05. The first-order valence-corrected chi connectivity index (χ1v) is 15.2. The Balaban J connectivity index is 1.17. The van der Waals surface area contributed by atoms with Crippen molar-refractivity contribution in [2.75, 3.05) is 19.6 Å². The molecule has 2 fully saturated rings. The van der Waals surface area contributed by atoms with Gasteiger partial charge >= 0.3 is 0 Å². The normalized spacial score (nSPS) is 19.7. The van der Waals surface area contributed by atoms with E-state index >= 15 is 0 Å². The molecule has 3 aromatic carbocycles. The van der Waals surface area contributed by atoms with E-state index < -0.39 is 5.92 Å². The van der Waals surface area contributed by atoms with Crippen molar-refractivity contribution in [3.63, 3.8) is 0 Å². The highest BCUT2D eigenvalue weighted by Gasteiger charge is 2.42. The second-order valence-corrected chi connectivity index (χ2v) is 12.0. The molecule has 0 saturated carbocycles. The van der Waals surface area contributed by atoms with Crippen molar-refractivity contribution in [2.45, 2.75) is 50.9 Å². The number of hydrogen-bond acceptors (Lipinski definition) is 4. The van der Waals surface area contributed by atoms with Gasteiger partial charge in [0.05, 0.1) is 6.04 Å². The number of carbonyl (C=O) groups excluding carboxylic acids is 3. The summed E-state index contributed by atoms with van der Waals surface area (Å²) < 4.78 is 0.949. The number of nitrogens with one attached hydrogen (secondary N) is 2. The maximum Gasteiger partial charge on any atom is 0.239 e. The number of piperidine rings is 1. The number of carbonyl (C=O) groups is 3. The fraction of sp³-hybridized carbons (Fsp3) is 0.364. The van der Waals surface area contributed by atoms with Crippen LogP contribution < -0.4 is 10.6 Å². The second kappa shape index (κ2) is 13.9. The molecule has 0 radical (unpaired) electrons. The molecule has 5 rings (SSSR count). The number of halogens is 1. The van der Waals surface area contributed by atoms with E-state index in [9.17, 15) is 14.4 Å². The molecular formula is C33H37BrN4O3. The van der Waals surface area contributed by atoms with Crippen LogP contribution >= 0.6 is 15.9 Å². The Morgan fingerprint density at radius 3 is 2.12 bits per heavy atom. The Hall–Kier alpha value is -3.49. The zero-order valence-corrected chi connectivity index (χ0v) is 24.8. The topological polar surface area (TPSA) is 81.8 Å². The van der Waals surface area contributed by atoms with Crippen LogP contribution in [0.25, 0.3) is 0 Å². The zero-order chi connectivity index (χ0) is 28.6. The number of rotatable bonds is 10. The molecule has 7 nitrogen and oxygen atoms in total. The van der Waals surface area contributed by atoms with E-state index in [0.717, 1.165) is 48.1 Å². The van der Waals surface area contributed by atoms with Crippen LogP contribution in [0.4, 0.5) is 0 Å². The van der Waals surface area contributed by atoms with Crippen LogP contribution in [0.5, 0.6) is 0 Å². The summed E-state index contributed by atoms with van der Waals surface area (Å²) in [6, 6.07) is 27.8. The highest BCUT2D eigenvalue weighted by molar-refractivity contribution is 9.10. The van der Waals surface area contributed by atoms with Gasteiger partial charge in [-0.15, -0.1) is 0 Å². The Bertz CT molecular complexity index is 1310. The fourth-order valence-corrected chi connectivity index (χ4v) is 6.11. The van der Waals surface area contributed by atoms with E-state index in [0.29, 0.717) is 13.0 Å². The number of hydrogen-bond donors (Lipinski definition) is 2. The minimum atomic E-state index is -0.464.